The van der Waals surface area contributed by atoms with Crippen LogP contribution >= 0.6 is 0 Å². The third kappa shape index (κ3) is 9.47. The molecule has 0 aliphatic carbocycles. The second kappa shape index (κ2) is 10.8. The van der Waals surface area contributed by atoms with Gasteiger partial charge in [0.2, 0.25) is 5.91 Å². The summed E-state index contributed by atoms with van der Waals surface area (Å²) in [6, 6.07) is 0. The van der Waals surface area contributed by atoms with E-state index in [0.29, 0.717) is 32.0 Å². The van der Waals surface area contributed by atoms with Crippen molar-refractivity contribution in [3.05, 3.63) is 0 Å². The standard InChI is InChI=1S/C14H28N2O3/c1-4-19-14(18)11-16(10-12(2)3)13(17)8-6-5-7-9-15/h12H,4-11,15H2,1-3H3. The molecule has 0 unspecified atom stereocenters. The van der Waals surface area contributed by atoms with Crippen molar-refractivity contribution in [3.63, 3.8) is 0 Å². The number of hydrogen-bond acceptors (Lipinski definition) is 4. The molecule has 0 aromatic heterocycles. The first-order valence-corrected chi connectivity index (χ1v) is 7.14. The van der Waals surface area contributed by atoms with Crippen LogP contribution in [0, 0.1) is 5.92 Å². The summed E-state index contributed by atoms with van der Waals surface area (Å²) in [5, 5.41) is 0. The fraction of sp³-hybridized carbons (Fsp3) is 0.857. The third-order valence-electron chi connectivity index (χ3n) is 2.66. The first-order chi connectivity index (χ1) is 9.01. The summed E-state index contributed by atoms with van der Waals surface area (Å²) >= 11 is 0. The van der Waals surface area contributed by atoms with Crippen LogP contribution in [0.1, 0.15) is 46.5 Å². The summed E-state index contributed by atoms with van der Waals surface area (Å²) < 4.78 is 4.90. The van der Waals surface area contributed by atoms with Crippen molar-refractivity contribution in [3.8, 4) is 0 Å². The highest BCUT2D eigenvalue weighted by molar-refractivity contribution is 5.82. The third-order valence-corrected chi connectivity index (χ3v) is 2.66. The molecule has 0 aromatic rings. The molecule has 0 radical (unpaired) electrons. The number of unbranched alkanes of at least 4 members (excludes halogenated alkanes) is 2. The van der Waals surface area contributed by atoms with Gasteiger partial charge in [-0.15, -0.1) is 0 Å². The number of rotatable bonds is 10. The molecule has 0 aliphatic rings. The molecule has 0 fully saturated rings. The number of amides is 1. The highest BCUT2D eigenvalue weighted by atomic mass is 16.5. The van der Waals surface area contributed by atoms with Gasteiger partial charge in [-0.1, -0.05) is 20.3 Å². The zero-order chi connectivity index (χ0) is 14.7. The Kier molecular flexibility index (Phi) is 10.2. The fourth-order valence-corrected chi connectivity index (χ4v) is 1.81. The number of esters is 1. The van der Waals surface area contributed by atoms with E-state index in [4.69, 9.17) is 10.5 Å². The highest BCUT2D eigenvalue weighted by Gasteiger charge is 2.18. The highest BCUT2D eigenvalue weighted by Crippen LogP contribution is 2.06. The van der Waals surface area contributed by atoms with Crippen molar-refractivity contribution in [2.75, 3.05) is 26.2 Å². The largest absolute Gasteiger partial charge is 0.465 e. The van der Waals surface area contributed by atoms with E-state index in [1.54, 1.807) is 11.8 Å². The average Bonchev–Trinajstić information content (AvgIpc) is 2.33. The van der Waals surface area contributed by atoms with Gasteiger partial charge >= 0.3 is 5.97 Å². The van der Waals surface area contributed by atoms with Crippen LogP contribution in [0.5, 0.6) is 0 Å². The molecular formula is C14H28N2O3. The van der Waals surface area contributed by atoms with Crippen molar-refractivity contribution in [1.82, 2.24) is 4.90 Å². The van der Waals surface area contributed by atoms with Crippen LogP contribution in [-0.2, 0) is 14.3 Å². The molecule has 2 N–H and O–H groups in total. The first-order valence-electron chi connectivity index (χ1n) is 7.14. The summed E-state index contributed by atoms with van der Waals surface area (Å²) in [4.78, 5) is 25.2. The van der Waals surface area contributed by atoms with Crippen molar-refractivity contribution >= 4 is 11.9 Å². The predicted octanol–water partition coefficient (Wildman–Crippen LogP) is 1.55. The summed E-state index contributed by atoms with van der Waals surface area (Å²) in [5.74, 6) is 0.0275. The maximum absolute atomic E-state index is 12.1. The van der Waals surface area contributed by atoms with Gasteiger partial charge in [-0.25, -0.2) is 0 Å². The van der Waals surface area contributed by atoms with E-state index < -0.39 is 0 Å². The zero-order valence-corrected chi connectivity index (χ0v) is 12.5. The second-order valence-corrected chi connectivity index (χ2v) is 5.07. The minimum Gasteiger partial charge on any atom is -0.465 e. The molecule has 0 saturated heterocycles. The van der Waals surface area contributed by atoms with E-state index >= 15 is 0 Å². The molecule has 5 nitrogen and oxygen atoms in total. The Morgan fingerprint density at radius 1 is 1.21 bits per heavy atom. The predicted molar refractivity (Wildman–Crippen MR) is 75.6 cm³/mol. The Hall–Kier alpha value is -1.10. The van der Waals surface area contributed by atoms with E-state index in [-0.39, 0.29) is 18.4 Å². The van der Waals surface area contributed by atoms with E-state index in [1.165, 1.54) is 0 Å². The van der Waals surface area contributed by atoms with Gasteiger partial charge in [0.05, 0.1) is 6.61 Å². The second-order valence-electron chi connectivity index (χ2n) is 5.07. The van der Waals surface area contributed by atoms with Gasteiger partial charge in [0.1, 0.15) is 6.54 Å². The lowest BCUT2D eigenvalue weighted by Gasteiger charge is -2.23. The Labute approximate surface area is 116 Å². The first kappa shape index (κ1) is 17.9. The maximum atomic E-state index is 12.1. The molecule has 5 heteroatoms. The number of nitrogens with two attached hydrogens (primary N) is 1. The van der Waals surface area contributed by atoms with Gasteiger partial charge in [-0.3, -0.25) is 9.59 Å². The molecule has 112 valence electrons. The minimum absolute atomic E-state index is 0.0266. The molecule has 0 bridgehead atoms. The van der Waals surface area contributed by atoms with Crippen LogP contribution in [0.3, 0.4) is 0 Å². The molecule has 19 heavy (non-hydrogen) atoms. The Balaban J connectivity index is 4.23. The Bertz CT molecular complexity index is 267. The lowest BCUT2D eigenvalue weighted by Crippen LogP contribution is -2.38. The van der Waals surface area contributed by atoms with Crippen LogP contribution < -0.4 is 5.73 Å². The van der Waals surface area contributed by atoms with E-state index in [2.05, 4.69) is 0 Å². The van der Waals surface area contributed by atoms with Crippen LogP contribution in [0.25, 0.3) is 0 Å². The molecule has 0 aromatic carbocycles. The summed E-state index contributed by atoms with van der Waals surface area (Å²) in [6.07, 6.45) is 3.20. The fourth-order valence-electron chi connectivity index (χ4n) is 1.81. The zero-order valence-electron chi connectivity index (χ0n) is 12.5. The van der Waals surface area contributed by atoms with Crippen molar-refractivity contribution < 1.29 is 14.3 Å². The van der Waals surface area contributed by atoms with E-state index in [1.807, 2.05) is 13.8 Å². The number of nitrogens with zero attached hydrogens (tertiary/aromatic N) is 1. The number of carbonyl (C=O) groups is 2. The topological polar surface area (TPSA) is 72.6 Å². The van der Waals surface area contributed by atoms with Gasteiger partial charge in [-0.2, -0.15) is 0 Å². The van der Waals surface area contributed by atoms with Gasteiger partial charge in [0, 0.05) is 13.0 Å². The van der Waals surface area contributed by atoms with Crippen molar-refractivity contribution in [2.24, 2.45) is 11.7 Å². The molecule has 0 atom stereocenters. The van der Waals surface area contributed by atoms with Crippen LogP contribution in [0.4, 0.5) is 0 Å². The summed E-state index contributed by atoms with van der Waals surface area (Å²) in [7, 11) is 0. The van der Waals surface area contributed by atoms with Crippen molar-refractivity contribution in [1.29, 1.82) is 0 Å². The minimum atomic E-state index is -0.335. The Morgan fingerprint density at radius 2 is 1.89 bits per heavy atom. The molecule has 0 spiro atoms. The molecule has 1 amide bonds. The normalized spacial score (nSPS) is 10.6. The lowest BCUT2D eigenvalue weighted by molar-refractivity contribution is -0.149. The average molecular weight is 272 g/mol. The monoisotopic (exact) mass is 272 g/mol. The van der Waals surface area contributed by atoms with E-state index in [0.717, 1.165) is 19.3 Å². The van der Waals surface area contributed by atoms with Crippen LogP contribution in [0.2, 0.25) is 0 Å². The lowest BCUT2D eigenvalue weighted by atomic mass is 10.1. The smallest absolute Gasteiger partial charge is 0.325 e. The summed E-state index contributed by atoms with van der Waals surface area (Å²) in [6.45, 7) is 7.47. The van der Waals surface area contributed by atoms with Crippen LogP contribution in [0.15, 0.2) is 0 Å². The summed E-state index contributed by atoms with van der Waals surface area (Å²) in [5.41, 5.74) is 5.41. The van der Waals surface area contributed by atoms with Gasteiger partial charge < -0.3 is 15.4 Å². The molecule has 0 heterocycles. The van der Waals surface area contributed by atoms with Gasteiger partial charge in [-0.05, 0) is 32.2 Å². The van der Waals surface area contributed by atoms with E-state index in [9.17, 15) is 9.59 Å². The number of ether oxygens (including phenoxy) is 1. The van der Waals surface area contributed by atoms with Crippen LogP contribution in [-0.4, -0.2) is 43.0 Å². The number of carbonyl (C=O) groups excluding carboxylic acids is 2. The Morgan fingerprint density at radius 3 is 2.42 bits per heavy atom. The number of hydrogen-bond donors (Lipinski definition) is 1. The SMILES string of the molecule is CCOC(=O)CN(CC(C)C)C(=O)CCCCCN. The molecule has 0 aliphatic heterocycles. The van der Waals surface area contributed by atoms with Gasteiger partial charge in [0.25, 0.3) is 0 Å². The van der Waals surface area contributed by atoms with Gasteiger partial charge in [0.15, 0.2) is 0 Å². The molecule has 0 rings (SSSR count). The molecule has 0 saturated carbocycles. The maximum Gasteiger partial charge on any atom is 0.325 e. The quantitative estimate of drug-likeness (QED) is 0.484. The molecular weight excluding hydrogens is 244 g/mol. The van der Waals surface area contributed by atoms with Crippen molar-refractivity contribution in [2.45, 2.75) is 46.5 Å².